The standard InChI is InChI=1S/C23H30N4O3/c1-15-13-23(14-29-15)9-11-27(12-10-23)22-25-20(24)19(21(28)26(22)2)16-3-5-17(6-4-16)30-18-7-8-18/h3-6,15,18H,7-14,24H2,1-2H3/t15-/m0/s1. The van der Waals surface area contributed by atoms with Crippen molar-refractivity contribution >= 4 is 11.8 Å². The smallest absolute Gasteiger partial charge is 0.264 e. The molecule has 2 N–H and O–H groups in total. The molecule has 7 heteroatoms. The van der Waals surface area contributed by atoms with E-state index in [-0.39, 0.29) is 16.8 Å². The third-order valence-corrected chi connectivity index (χ3v) is 6.77. The Morgan fingerprint density at radius 1 is 1.20 bits per heavy atom. The summed E-state index contributed by atoms with van der Waals surface area (Å²) in [6.07, 6.45) is 6.14. The zero-order valence-electron chi connectivity index (χ0n) is 17.8. The normalized spacial score (nSPS) is 23.1. The molecule has 30 heavy (non-hydrogen) atoms. The minimum atomic E-state index is -0.119. The van der Waals surface area contributed by atoms with E-state index in [4.69, 9.17) is 15.2 Å². The van der Waals surface area contributed by atoms with Crippen LogP contribution in [0, 0.1) is 5.41 Å². The van der Waals surface area contributed by atoms with Crippen LogP contribution in [0.15, 0.2) is 29.1 Å². The van der Waals surface area contributed by atoms with Gasteiger partial charge in [-0.3, -0.25) is 9.36 Å². The van der Waals surface area contributed by atoms with Gasteiger partial charge in [-0.15, -0.1) is 0 Å². The summed E-state index contributed by atoms with van der Waals surface area (Å²) in [6, 6.07) is 7.57. The number of piperidine rings is 1. The highest BCUT2D eigenvalue weighted by atomic mass is 16.5. The first-order valence-corrected chi connectivity index (χ1v) is 10.9. The van der Waals surface area contributed by atoms with Gasteiger partial charge in [0.05, 0.1) is 24.4 Å². The maximum absolute atomic E-state index is 13.2. The topological polar surface area (TPSA) is 82.6 Å². The zero-order chi connectivity index (χ0) is 20.9. The van der Waals surface area contributed by atoms with Crippen LogP contribution >= 0.6 is 0 Å². The molecule has 0 amide bonds. The molecule has 7 nitrogen and oxygen atoms in total. The van der Waals surface area contributed by atoms with Crippen LogP contribution < -0.4 is 20.9 Å². The third-order valence-electron chi connectivity index (χ3n) is 6.77. The second-order valence-corrected chi connectivity index (χ2v) is 9.19. The molecule has 0 bridgehead atoms. The fraction of sp³-hybridized carbons (Fsp3) is 0.565. The van der Waals surface area contributed by atoms with Gasteiger partial charge in [0.15, 0.2) is 0 Å². The third kappa shape index (κ3) is 3.55. The van der Waals surface area contributed by atoms with Crippen LogP contribution in [0.4, 0.5) is 11.8 Å². The fourth-order valence-corrected chi connectivity index (χ4v) is 4.82. The van der Waals surface area contributed by atoms with Crippen LogP contribution in [-0.2, 0) is 11.8 Å². The summed E-state index contributed by atoms with van der Waals surface area (Å²) >= 11 is 0. The molecule has 3 fully saturated rings. The highest BCUT2D eigenvalue weighted by molar-refractivity contribution is 5.74. The summed E-state index contributed by atoms with van der Waals surface area (Å²) in [7, 11) is 1.78. The molecule has 0 unspecified atom stereocenters. The molecular formula is C23H30N4O3. The Hall–Kier alpha value is -2.54. The Balaban J connectivity index is 1.37. The maximum Gasteiger partial charge on any atom is 0.264 e. The molecule has 1 aromatic carbocycles. The molecule has 3 aliphatic rings. The highest BCUT2D eigenvalue weighted by Gasteiger charge is 2.41. The molecule has 2 aromatic rings. The van der Waals surface area contributed by atoms with Gasteiger partial charge < -0.3 is 20.1 Å². The molecule has 160 valence electrons. The Kier molecular flexibility index (Phi) is 4.73. The molecule has 1 atom stereocenters. The molecule has 5 rings (SSSR count). The van der Waals surface area contributed by atoms with Gasteiger partial charge in [0.2, 0.25) is 5.95 Å². The molecule has 1 aromatic heterocycles. The van der Waals surface area contributed by atoms with E-state index in [2.05, 4.69) is 16.8 Å². The highest BCUT2D eigenvalue weighted by Crippen LogP contribution is 2.42. The SMILES string of the molecule is C[C@H]1CC2(CCN(c3nc(N)c(-c4ccc(OC5CC5)cc4)c(=O)n3C)CC2)CO1. The van der Waals surface area contributed by atoms with Crippen molar-refractivity contribution in [2.24, 2.45) is 12.5 Å². The number of nitrogen functional groups attached to an aromatic ring is 1. The summed E-state index contributed by atoms with van der Waals surface area (Å²) in [4.78, 5) is 20.0. The number of hydrogen-bond acceptors (Lipinski definition) is 6. The van der Waals surface area contributed by atoms with Crippen molar-refractivity contribution in [2.75, 3.05) is 30.3 Å². The Morgan fingerprint density at radius 2 is 1.90 bits per heavy atom. The molecule has 1 aliphatic carbocycles. The van der Waals surface area contributed by atoms with Crippen molar-refractivity contribution in [1.82, 2.24) is 9.55 Å². The molecular weight excluding hydrogens is 380 g/mol. The molecule has 2 saturated heterocycles. The second kappa shape index (κ2) is 7.30. The van der Waals surface area contributed by atoms with Crippen LogP contribution in [0.2, 0.25) is 0 Å². The predicted molar refractivity (Wildman–Crippen MR) is 117 cm³/mol. The fourth-order valence-electron chi connectivity index (χ4n) is 4.82. The van der Waals surface area contributed by atoms with E-state index in [0.717, 1.165) is 63.1 Å². The lowest BCUT2D eigenvalue weighted by Crippen LogP contribution is -2.43. The number of nitrogens with zero attached hydrogens (tertiary/aromatic N) is 3. The summed E-state index contributed by atoms with van der Waals surface area (Å²) in [6.45, 7) is 4.72. The van der Waals surface area contributed by atoms with E-state index in [1.807, 2.05) is 24.3 Å². The molecule has 0 radical (unpaired) electrons. The van der Waals surface area contributed by atoms with Gasteiger partial charge in [-0.25, -0.2) is 0 Å². The number of hydrogen-bond donors (Lipinski definition) is 1. The number of ether oxygens (including phenoxy) is 2. The van der Waals surface area contributed by atoms with Gasteiger partial charge in [0, 0.05) is 20.1 Å². The lowest BCUT2D eigenvalue weighted by Gasteiger charge is -2.39. The first-order chi connectivity index (χ1) is 14.4. The first kappa shape index (κ1) is 19.4. The van der Waals surface area contributed by atoms with E-state index in [0.29, 0.717) is 23.7 Å². The average molecular weight is 411 g/mol. The van der Waals surface area contributed by atoms with Gasteiger partial charge in [0.25, 0.3) is 5.56 Å². The quantitative estimate of drug-likeness (QED) is 0.834. The van der Waals surface area contributed by atoms with Gasteiger partial charge in [0.1, 0.15) is 11.6 Å². The van der Waals surface area contributed by atoms with Crippen LogP contribution in [0.5, 0.6) is 5.75 Å². The van der Waals surface area contributed by atoms with Crippen molar-refractivity contribution in [3.8, 4) is 16.9 Å². The minimum Gasteiger partial charge on any atom is -0.490 e. The van der Waals surface area contributed by atoms with E-state index in [9.17, 15) is 4.79 Å². The Morgan fingerprint density at radius 3 is 2.50 bits per heavy atom. The largest absolute Gasteiger partial charge is 0.490 e. The first-order valence-electron chi connectivity index (χ1n) is 10.9. The molecule has 1 saturated carbocycles. The van der Waals surface area contributed by atoms with Crippen molar-refractivity contribution in [1.29, 1.82) is 0 Å². The summed E-state index contributed by atoms with van der Waals surface area (Å²) in [5.74, 6) is 1.76. The van der Waals surface area contributed by atoms with Gasteiger partial charge in [-0.1, -0.05) is 12.1 Å². The van der Waals surface area contributed by atoms with Crippen molar-refractivity contribution < 1.29 is 9.47 Å². The van der Waals surface area contributed by atoms with E-state index >= 15 is 0 Å². The van der Waals surface area contributed by atoms with Crippen molar-refractivity contribution in [3.63, 3.8) is 0 Å². The van der Waals surface area contributed by atoms with Crippen LogP contribution in [0.25, 0.3) is 11.1 Å². The maximum atomic E-state index is 13.2. The van der Waals surface area contributed by atoms with Crippen molar-refractivity contribution in [2.45, 2.75) is 51.2 Å². The number of aromatic nitrogens is 2. The average Bonchev–Trinajstić information content (AvgIpc) is 3.48. The van der Waals surface area contributed by atoms with Gasteiger partial charge in [-0.2, -0.15) is 4.98 Å². The Labute approximate surface area is 176 Å². The van der Waals surface area contributed by atoms with Gasteiger partial charge >= 0.3 is 0 Å². The van der Waals surface area contributed by atoms with Crippen LogP contribution in [0.3, 0.4) is 0 Å². The van der Waals surface area contributed by atoms with E-state index in [1.165, 1.54) is 0 Å². The predicted octanol–water partition coefficient (Wildman–Crippen LogP) is 2.97. The summed E-state index contributed by atoms with van der Waals surface area (Å²) < 4.78 is 13.3. The van der Waals surface area contributed by atoms with Crippen LogP contribution in [-0.4, -0.2) is 41.5 Å². The van der Waals surface area contributed by atoms with Crippen LogP contribution in [0.1, 0.15) is 39.0 Å². The molecule has 3 heterocycles. The number of benzene rings is 1. The zero-order valence-corrected chi connectivity index (χ0v) is 17.8. The lowest BCUT2D eigenvalue weighted by atomic mass is 9.77. The number of nitrogens with two attached hydrogens (primary N) is 1. The molecule has 2 aliphatic heterocycles. The van der Waals surface area contributed by atoms with Crippen molar-refractivity contribution in [3.05, 3.63) is 34.6 Å². The minimum absolute atomic E-state index is 0.119. The number of anilines is 2. The van der Waals surface area contributed by atoms with E-state index in [1.54, 1.807) is 11.6 Å². The monoisotopic (exact) mass is 410 g/mol. The summed E-state index contributed by atoms with van der Waals surface area (Å²) in [5, 5.41) is 0. The number of rotatable bonds is 4. The summed E-state index contributed by atoms with van der Waals surface area (Å²) in [5.41, 5.74) is 7.67. The Bertz CT molecular complexity index is 989. The van der Waals surface area contributed by atoms with E-state index < -0.39 is 0 Å². The van der Waals surface area contributed by atoms with Gasteiger partial charge in [-0.05, 0) is 62.1 Å². The molecule has 1 spiro atoms. The lowest BCUT2D eigenvalue weighted by molar-refractivity contribution is 0.0974. The second-order valence-electron chi connectivity index (χ2n) is 9.19.